The van der Waals surface area contributed by atoms with Crippen molar-refractivity contribution in [2.24, 2.45) is 0 Å². The van der Waals surface area contributed by atoms with Gasteiger partial charge in [-0.3, -0.25) is 0 Å². The van der Waals surface area contributed by atoms with E-state index >= 15 is 0 Å². The summed E-state index contributed by atoms with van der Waals surface area (Å²) in [5, 5.41) is 0. The van der Waals surface area contributed by atoms with Gasteiger partial charge in [0.1, 0.15) is 0 Å². The third-order valence-corrected chi connectivity index (χ3v) is 4.06. The van der Waals surface area contributed by atoms with Crippen molar-refractivity contribution in [3.05, 3.63) is 35.4 Å². The number of benzene rings is 1. The Bertz CT molecular complexity index is 369. The van der Waals surface area contributed by atoms with E-state index in [4.69, 9.17) is 0 Å². The Morgan fingerprint density at radius 2 is 1.59 bits per heavy atom. The van der Waals surface area contributed by atoms with Crippen LogP contribution < -0.4 is 0 Å². The Balaban J connectivity index is 2.28. The molecule has 0 bridgehead atoms. The molecule has 0 amide bonds. The van der Waals surface area contributed by atoms with Crippen molar-refractivity contribution in [3.63, 3.8) is 0 Å². The molecule has 17 heavy (non-hydrogen) atoms. The van der Waals surface area contributed by atoms with Gasteiger partial charge in [-0.15, -0.1) is 0 Å². The molecule has 3 heteroatoms. The maximum Gasteiger partial charge on any atom is 0.416 e. The average Bonchev–Trinajstić information content (AvgIpc) is 2.78. The Hall–Kier alpha value is -0.990. The fourth-order valence-corrected chi connectivity index (χ4v) is 2.91. The van der Waals surface area contributed by atoms with E-state index < -0.39 is 11.7 Å². The molecule has 94 valence electrons. The lowest BCUT2D eigenvalue weighted by Crippen LogP contribution is -2.20. The molecular weight excluding hydrogens is 225 g/mol. The first kappa shape index (κ1) is 12.5. The monoisotopic (exact) mass is 242 g/mol. The molecule has 2 rings (SSSR count). The molecule has 0 spiro atoms. The minimum Gasteiger partial charge on any atom is -0.166 e. The van der Waals surface area contributed by atoms with E-state index in [2.05, 4.69) is 6.92 Å². The van der Waals surface area contributed by atoms with Gasteiger partial charge in [-0.2, -0.15) is 13.2 Å². The first-order valence-electron chi connectivity index (χ1n) is 6.16. The highest BCUT2D eigenvalue weighted by molar-refractivity contribution is 5.31. The fourth-order valence-electron chi connectivity index (χ4n) is 2.91. The molecule has 1 fully saturated rings. The number of rotatable bonds is 2. The number of halogens is 3. The summed E-state index contributed by atoms with van der Waals surface area (Å²) < 4.78 is 37.4. The van der Waals surface area contributed by atoms with E-state index in [1.165, 1.54) is 25.0 Å². The van der Waals surface area contributed by atoms with Gasteiger partial charge in [0.25, 0.3) is 0 Å². The van der Waals surface area contributed by atoms with Crippen molar-refractivity contribution in [2.75, 3.05) is 0 Å². The predicted molar refractivity (Wildman–Crippen MR) is 61.9 cm³/mol. The summed E-state index contributed by atoms with van der Waals surface area (Å²) in [5.74, 6) is 0. The van der Waals surface area contributed by atoms with Crippen LogP contribution in [0.5, 0.6) is 0 Å². The highest BCUT2D eigenvalue weighted by Gasteiger charge is 2.35. The standard InChI is InChI=1S/C14H17F3/c1-2-13(9-3-4-10-13)11-5-7-12(8-6-11)14(15,16)17/h5-8H,2-4,9-10H2,1H3. The SMILES string of the molecule is CCC1(c2ccc(C(F)(F)F)cc2)CCCC1. The summed E-state index contributed by atoms with van der Waals surface area (Å²) >= 11 is 0. The van der Waals surface area contributed by atoms with Crippen molar-refractivity contribution in [2.45, 2.75) is 50.6 Å². The summed E-state index contributed by atoms with van der Waals surface area (Å²) in [5.41, 5.74) is 0.653. The summed E-state index contributed by atoms with van der Waals surface area (Å²) in [6, 6.07) is 5.76. The molecule has 0 nitrogen and oxygen atoms in total. The second kappa shape index (κ2) is 4.35. The highest BCUT2D eigenvalue weighted by Crippen LogP contribution is 2.44. The molecule has 0 saturated heterocycles. The van der Waals surface area contributed by atoms with Gasteiger partial charge in [0.05, 0.1) is 5.56 Å². The number of hydrogen-bond donors (Lipinski definition) is 0. The first-order valence-corrected chi connectivity index (χ1v) is 6.16. The maximum absolute atomic E-state index is 12.5. The number of alkyl halides is 3. The van der Waals surface area contributed by atoms with E-state index in [1.54, 1.807) is 12.1 Å². The van der Waals surface area contributed by atoms with Gasteiger partial charge in [-0.1, -0.05) is 31.9 Å². The average molecular weight is 242 g/mol. The Labute approximate surface area is 99.8 Å². The minimum atomic E-state index is -4.23. The second-order valence-electron chi connectivity index (χ2n) is 4.92. The zero-order chi connectivity index (χ0) is 12.5. The van der Waals surface area contributed by atoms with Crippen LogP contribution in [0, 0.1) is 0 Å². The largest absolute Gasteiger partial charge is 0.416 e. The van der Waals surface area contributed by atoms with Crippen molar-refractivity contribution in [1.82, 2.24) is 0 Å². The van der Waals surface area contributed by atoms with Gasteiger partial charge < -0.3 is 0 Å². The zero-order valence-corrected chi connectivity index (χ0v) is 9.98. The van der Waals surface area contributed by atoms with E-state index in [1.807, 2.05) is 0 Å². The van der Waals surface area contributed by atoms with Crippen LogP contribution in [0.1, 0.15) is 50.2 Å². The summed E-state index contributed by atoms with van der Waals surface area (Å²) in [7, 11) is 0. The lowest BCUT2D eigenvalue weighted by molar-refractivity contribution is -0.137. The molecule has 1 aromatic carbocycles. The molecule has 0 aliphatic heterocycles. The molecule has 0 aromatic heterocycles. The van der Waals surface area contributed by atoms with Crippen molar-refractivity contribution < 1.29 is 13.2 Å². The molecular formula is C14H17F3. The molecule has 0 atom stereocenters. The summed E-state index contributed by atoms with van der Waals surface area (Å²) in [6.07, 6.45) is 1.37. The Morgan fingerprint density at radius 3 is 2.00 bits per heavy atom. The van der Waals surface area contributed by atoms with Gasteiger partial charge in [0.2, 0.25) is 0 Å². The zero-order valence-electron chi connectivity index (χ0n) is 9.98. The first-order chi connectivity index (χ1) is 7.98. The third-order valence-electron chi connectivity index (χ3n) is 4.06. The van der Waals surface area contributed by atoms with Crippen molar-refractivity contribution in [3.8, 4) is 0 Å². The second-order valence-corrected chi connectivity index (χ2v) is 4.92. The van der Waals surface area contributed by atoms with Gasteiger partial charge in [-0.25, -0.2) is 0 Å². The van der Waals surface area contributed by atoms with Crippen molar-refractivity contribution in [1.29, 1.82) is 0 Å². The van der Waals surface area contributed by atoms with Gasteiger partial charge in [0.15, 0.2) is 0 Å². The molecule has 1 aliphatic rings. The molecule has 0 heterocycles. The van der Waals surface area contributed by atoms with Gasteiger partial charge in [-0.05, 0) is 42.4 Å². The quantitative estimate of drug-likeness (QED) is 0.690. The molecule has 1 aliphatic carbocycles. The van der Waals surface area contributed by atoms with Gasteiger partial charge >= 0.3 is 6.18 Å². The minimum absolute atomic E-state index is 0.129. The predicted octanol–water partition coefficient (Wildman–Crippen LogP) is 4.93. The molecule has 0 radical (unpaired) electrons. The molecule has 0 unspecified atom stereocenters. The van der Waals surface area contributed by atoms with Crippen LogP contribution in [0.4, 0.5) is 13.2 Å². The normalized spacial score (nSPS) is 19.5. The molecule has 0 N–H and O–H groups in total. The van der Waals surface area contributed by atoms with Crippen LogP contribution in [-0.4, -0.2) is 0 Å². The lowest BCUT2D eigenvalue weighted by atomic mass is 9.76. The smallest absolute Gasteiger partial charge is 0.166 e. The lowest BCUT2D eigenvalue weighted by Gasteiger charge is -2.28. The topological polar surface area (TPSA) is 0 Å². The van der Waals surface area contributed by atoms with Crippen LogP contribution in [0.2, 0.25) is 0 Å². The molecule has 1 aromatic rings. The molecule has 1 saturated carbocycles. The van der Waals surface area contributed by atoms with E-state index in [0.717, 1.165) is 24.8 Å². The Morgan fingerprint density at radius 1 is 1.06 bits per heavy atom. The van der Waals surface area contributed by atoms with Crippen LogP contribution in [0.25, 0.3) is 0 Å². The van der Waals surface area contributed by atoms with Crippen LogP contribution in [0.3, 0.4) is 0 Å². The van der Waals surface area contributed by atoms with E-state index in [9.17, 15) is 13.2 Å². The van der Waals surface area contributed by atoms with Crippen molar-refractivity contribution >= 4 is 0 Å². The van der Waals surface area contributed by atoms with E-state index in [-0.39, 0.29) is 5.41 Å². The van der Waals surface area contributed by atoms with Crippen LogP contribution >= 0.6 is 0 Å². The Kier molecular flexibility index (Phi) is 3.19. The maximum atomic E-state index is 12.5. The van der Waals surface area contributed by atoms with Crippen LogP contribution in [0.15, 0.2) is 24.3 Å². The third kappa shape index (κ3) is 2.33. The van der Waals surface area contributed by atoms with Crippen LogP contribution in [-0.2, 0) is 11.6 Å². The van der Waals surface area contributed by atoms with Gasteiger partial charge in [0, 0.05) is 0 Å². The van der Waals surface area contributed by atoms with E-state index in [0.29, 0.717) is 0 Å². The highest BCUT2D eigenvalue weighted by atomic mass is 19.4. The fraction of sp³-hybridized carbons (Fsp3) is 0.571. The summed E-state index contributed by atoms with van der Waals surface area (Å²) in [4.78, 5) is 0. The summed E-state index contributed by atoms with van der Waals surface area (Å²) in [6.45, 7) is 2.13. The number of hydrogen-bond acceptors (Lipinski definition) is 0.